The lowest BCUT2D eigenvalue weighted by molar-refractivity contribution is -0.384. The normalized spacial score (nSPS) is 10.6. The maximum absolute atomic E-state index is 10.8. The van der Waals surface area contributed by atoms with Crippen LogP contribution < -0.4 is 14.8 Å². The van der Waals surface area contributed by atoms with Gasteiger partial charge in [0.2, 0.25) is 0 Å². The van der Waals surface area contributed by atoms with Crippen LogP contribution in [0.25, 0.3) is 0 Å². The smallest absolute Gasteiger partial charge is 0.269 e. The summed E-state index contributed by atoms with van der Waals surface area (Å²) in [5, 5.41) is 14.3. The minimum Gasteiger partial charge on any atom is -0.490 e. The molecule has 0 heterocycles. The van der Waals surface area contributed by atoms with E-state index in [-0.39, 0.29) is 12.3 Å². The summed E-state index contributed by atoms with van der Waals surface area (Å²) in [7, 11) is 0. The molecule has 0 unspecified atom stereocenters. The van der Waals surface area contributed by atoms with Crippen molar-refractivity contribution in [1.82, 2.24) is 0 Å². The van der Waals surface area contributed by atoms with Gasteiger partial charge < -0.3 is 14.8 Å². The highest BCUT2D eigenvalue weighted by molar-refractivity contribution is 9.10. The van der Waals surface area contributed by atoms with Crippen molar-refractivity contribution >= 4 is 43.2 Å². The average Bonchev–Trinajstić information content (AvgIpc) is 2.73. The third-order valence-electron chi connectivity index (χ3n) is 4.57. The molecule has 0 amide bonds. The van der Waals surface area contributed by atoms with Gasteiger partial charge in [0.15, 0.2) is 11.5 Å². The lowest BCUT2D eigenvalue weighted by Crippen LogP contribution is -2.04. The van der Waals surface area contributed by atoms with Crippen molar-refractivity contribution in [3.8, 4) is 11.5 Å². The number of hydrogen-bond donors (Lipinski definition) is 1. The van der Waals surface area contributed by atoms with Crippen LogP contribution in [-0.2, 0) is 13.2 Å². The fourth-order valence-corrected chi connectivity index (χ4v) is 4.10. The molecule has 0 aliphatic carbocycles. The average molecular weight is 550 g/mol. The first kappa shape index (κ1) is 23.1. The summed E-state index contributed by atoms with van der Waals surface area (Å²) in [6, 6.07) is 16.4. The molecule has 3 rings (SSSR count). The lowest BCUT2D eigenvalue weighted by Gasteiger charge is -2.16. The van der Waals surface area contributed by atoms with Crippen molar-refractivity contribution in [2.75, 3.05) is 11.9 Å². The van der Waals surface area contributed by atoms with Crippen molar-refractivity contribution in [2.24, 2.45) is 0 Å². The van der Waals surface area contributed by atoms with Crippen LogP contribution in [0.4, 0.5) is 11.4 Å². The van der Waals surface area contributed by atoms with E-state index >= 15 is 0 Å². The minimum absolute atomic E-state index is 0.0535. The predicted molar refractivity (Wildman–Crippen MR) is 129 cm³/mol. The Labute approximate surface area is 198 Å². The highest BCUT2D eigenvalue weighted by Crippen LogP contribution is 2.38. The summed E-state index contributed by atoms with van der Waals surface area (Å²) >= 11 is 7.08. The summed E-state index contributed by atoms with van der Waals surface area (Å²) in [6.45, 7) is 5.38. The van der Waals surface area contributed by atoms with Crippen LogP contribution in [0.5, 0.6) is 11.5 Å². The van der Waals surface area contributed by atoms with Gasteiger partial charge in [0.05, 0.1) is 16.0 Å². The molecule has 0 saturated heterocycles. The molecule has 1 N–H and O–H groups in total. The molecule has 0 atom stereocenters. The first-order chi connectivity index (χ1) is 14.9. The van der Waals surface area contributed by atoms with E-state index in [1.807, 2.05) is 31.2 Å². The van der Waals surface area contributed by atoms with Crippen molar-refractivity contribution in [3.63, 3.8) is 0 Å². The van der Waals surface area contributed by atoms with Crippen LogP contribution in [-0.4, -0.2) is 11.5 Å². The lowest BCUT2D eigenvalue weighted by atomic mass is 10.1. The molecule has 3 aromatic carbocycles. The van der Waals surface area contributed by atoms with E-state index in [4.69, 9.17) is 9.47 Å². The molecule has 162 valence electrons. The van der Waals surface area contributed by atoms with Crippen LogP contribution in [0, 0.1) is 17.0 Å². The van der Waals surface area contributed by atoms with Crippen molar-refractivity contribution in [2.45, 2.75) is 27.0 Å². The number of nitrogens with one attached hydrogen (secondary N) is 1. The second-order valence-electron chi connectivity index (χ2n) is 6.86. The number of rotatable bonds is 9. The standard InChI is InChI=1S/C23H22Br2N2O4/c1-3-30-22-12-17(13-26-21-9-6-18(24)10-15(21)2)11-20(25)23(22)31-14-16-4-7-19(8-5-16)27(28)29/h4-12,26H,3,13-14H2,1-2H3. The highest BCUT2D eigenvalue weighted by Gasteiger charge is 2.13. The minimum atomic E-state index is -0.420. The van der Waals surface area contributed by atoms with E-state index in [2.05, 4.69) is 50.2 Å². The van der Waals surface area contributed by atoms with E-state index in [1.165, 1.54) is 12.1 Å². The monoisotopic (exact) mass is 548 g/mol. The number of ether oxygens (including phenoxy) is 2. The van der Waals surface area contributed by atoms with Gasteiger partial charge >= 0.3 is 0 Å². The number of halogens is 2. The molecule has 0 aliphatic heterocycles. The maximum atomic E-state index is 10.8. The summed E-state index contributed by atoms with van der Waals surface area (Å²) in [5.74, 6) is 1.24. The highest BCUT2D eigenvalue weighted by atomic mass is 79.9. The Hall–Kier alpha value is -2.58. The van der Waals surface area contributed by atoms with Gasteiger partial charge in [-0.1, -0.05) is 15.9 Å². The Bertz CT molecular complexity index is 1070. The first-order valence-electron chi connectivity index (χ1n) is 9.68. The van der Waals surface area contributed by atoms with E-state index in [1.54, 1.807) is 12.1 Å². The van der Waals surface area contributed by atoms with Gasteiger partial charge in [-0.25, -0.2) is 0 Å². The number of aryl methyl sites for hydroxylation is 1. The Morgan fingerprint density at radius 2 is 1.74 bits per heavy atom. The molecule has 31 heavy (non-hydrogen) atoms. The van der Waals surface area contributed by atoms with Crippen molar-refractivity contribution < 1.29 is 14.4 Å². The van der Waals surface area contributed by atoms with Gasteiger partial charge in [0.1, 0.15) is 6.61 Å². The quantitative estimate of drug-likeness (QED) is 0.229. The van der Waals surface area contributed by atoms with Crippen molar-refractivity contribution in [3.05, 3.63) is 90.3 Å². The topological polar surface area (TPSA) is 73.6 Å². The van der Waals surface area contributed by atoms with Gasteiger partial charge in [-0.05, 0) is 88.9 Å². The summed E-state index contributed by atoms with van der Waals surface area (Å²) in [5.41, 5.74) is 4.15. The van der Waals surface area contributed by atoms with Gasteiger partial charge in [0, 0.05) is 28.8 Å². The fraction of sp³-hybridized carbons (Fsp3) is 0.217. The third kappa shape index (κ3) is 6.21. The fourth-order valence-electron chi connectivity index (χ4n) is 3.02. The van der Waals surface area contributed by atoms with Crippen LogP contribution >= 0.6 is 31.9 Å². The van der Waals surface area contributed by atoms with E-state index in [9.17, 15) is 10.1 Å². The second kappa shape index (κ2) is 10.6. The van der Waals surface area contributed by atoms with Crippen LogP contribution in [0.1, 0.15) is 23.6 Å². The number of nitrogens with zero attached hydrogens (tertiary/aromatic N) is 1. The van der Waals surface area contributed by atoms with Gasteiger partial charge in [-0.2, -0.15) is 0 Å². The zero-order chi connectivity index (χ0) is 22.4. The Kier molecular flexibility index (Phi) is 7.92. The zero-order valence-electron chi connectivity index (χ0n) is 17.2. The molecular formula is C23H22Br2N2O4. The van der Waals surface area contributed by atoms with Crippen LogP contribution in [0.15, 0.2) is 63.5 Å². The molecule has 6 nitrogen and oxygen atoms in total. The Morgan fingerprint density at radius 3 is 2.39 bits per heavy atom. The van der Waals surface area contributed by atoms with Gasteiger partial charge in [0.25, 0.3) is 5.69 Å². The van der Waals surface area contributed by atoms with E-state index in [0.29, 0.717) is 24.7 Å². The van der Waals surface area contributed by atoms with E-state index < -0.39 is 4.92 Å². The van der Waals surface area contributed by atoms with E-state index in [0.717, 1.165) is 31.3 Å². The number of benzene rings is 3. The van der Waals surface area contributed by atoms with Crippen LogP contribution in [0.3, 0.4) is 0 Å². The number of non-ortho nitro benzene ring substituents is 1. The molecule has 0 radical (unpaired) electrons. The molecule has 0 fully saturated rings. The SMILES string of the molecule is CCOc1cc(CNc2ccc(Br)cc2C)cc(Br)c1OCc1ccc([N+](=O)[O-])cc1. The number of nitro groups is 1. The third-order valence-corrected chi connectivity index (χ3v) is 5.65. The van der Waals surface area contributed by atoms with Gasteiger partial charge in [-0.3, -0.25) is 10.1 Å². The molecule has 0 saturated carbocycles. The molecule has 0 spiro atoms. The summed E-state index contributed by atoms with van der Waals surface area (Å²) in [4.78, 5) is 10.4. The number of hydrogen-bond acceptors (Lipinski definition) is 5. The molecule has 3 aromatic rings. The summed E-state index contributed by atoms with van der Waals surface area (Å²) in [6.07, 6.45) is 0. The molecule has 0 aromatic heterocycles. The number of nitro benzene ring substituents is 1. The largest absolute Gasteiger partial charge is 0.490 e. The Balaban J connectivity index is 1.74. The van der Waals surface area contributed by atoms with Gasteiger partial charge in [-0.15, -0.1) is 0 Å². The number of anilines is 1. The van der Waals surface area contributed by atoms with Crippen molar-refractivity contribution in [1.29, 1.82) is 0 Å². The molecular weight excluding hydrogens is 528 g/mol. The summed E-state index contributed by atoms with van der Waals surface area (Å²) < 4.78 is 13.6. The van der Waals surface area contributed by atoms with Crippen LogP contribution in [0.2, 0.25) is 0 Å². The molecule has 8 heteroatoms. The molecule has 0 aliphatic rings. The maximum Gasteiger partial charge on any atom is 0.269 e. The molecule has 0 bridgehead atoms. The predicted octanol–water partition coefficient (Wildman–Crippen LogP) is 7.02. The zero-order valence-corrected chi connectivity index (χ0v) is 20.3. The first-order valence-corrected chi connectivity index (χ1v) is 11.3. The second-order valence-corrected chi connectivity index (χ2v) is 8.63. The Morgan fingerprint density at radius 1 is 1.00 bits per heavy atom.